The summed E-state index contributed by atoms with van der Waals surface area (Å²) in [5.74, 6) is 0.688. The Morgan fingerprint density at radius 3 is 2.00 bits per heavy atom. The number of hydrogen-bond donors (Lipinski definition) is 0. The third-order valence-corrected chi connectivity index (χ3v) is 10.4. The lowest BCUT2D eigenvalue weighted by Gasteiger charge is -2.12. The molecule has 0 spiro atoms. The Kier molecular flexibility index (Phi) is 6.22. The highest BCUT2D eigenvalue weighted by molar-refractivity contribution is 6.23. The summed E-state index contributed by atoms with van der Waals surface area (Å²) in [6.45, 7) is 0. The molecular formula is C48H29N3O. The van der Waals surface area contributed by atoms with Crippen LogP contribution in [-0.4, -0.2) is 14.5 Å². The molecule has 52 heavy (non-hydrogen) atoms. The van der Waals surface area contributed by atoms with Crippen molar-refractivity contribution in [1.29, 1.82) is 0 Å². The molecular weight excluding hydrogens is 635 g/mol. The first-order valence-corrected chi connectivity index (χ1v) is 17.6. The molecule has 3 heterocycles. The second-order valence-corrected chi connectivity index (χ2v) is 13.4. The Morgan fingerprint density at radius 1 is 0.404 bits per heavy atom. The lowest BCUT2D eigenvalue weighted by atomic mass is 9.98. The van der Waals surface area contributed by atoms with Gasteiger partial charge in [-0.25, -0.2) is 9.97 Å². The van der Waals surface area contributed by atoms with Crippen LogP contribution in [0.15, 0.2) is 180 Å². The molecule has 242 valence electrons. The fraction of sp³-hybridized carbons (Fsp3) is 0. The molecule has 0 bridgehead atoms. The number of nitrogens with zero attached hydrogens (tertiary/aromatic N) is 3. The van der Waals surface area contributed by atoms with Crippen molar-refractivity contribution in [2.24, 2.45) is 0 Å². The lowest BCUT2D eigenvalue weighted by molar-refractivity contribution is 0.669. The van der Waals surface area contributed by atoms with E-state index in [1.54, 1.807) is 0 Å². The zero-order chi connectivity index (χ0) is 34.2. The van der Waals surface area contributed by atoms with Crippen LogP contribution >= 0.6 is 0 Å². The smallest absolute Gasteiger partial charge is 0.160 e. The zero-order valence-electron chi connectivity index (χ0n) is 28.0. The van der Waals surface area contributed by atoms with Crippen molar-refractivity contribution < 1.29 is 4.42 Å². The quantitative estimate of drug-likeness (QED) is 0.188. The van der Waals surface area contributed by atoms with E-state index in [1.807, 2.05) is 24.3 Å². The van der Waals surface area contributed by atoms with E-state index in [9.17, 15) is 0 Å². The molecule has 3 aromatic heterocycles. The first-order valence-electron chi connectivity index (χ1n) is 17.6. The molecule has 8 aromatic carbocycles. The van der Waals surface area contributed by atoms with Gasteiger partial charge in [0.1, 0.15) is 11.2 Å². The van der Waals surface area contributed by atoms with Gasteiger partial charge >= 0.3 is 0 Å². The highest BCUT2D eigenvalue weighted by Crippen LogP contribution is 2.41. The van der Waals surface area contributed by atoms with Crippen LogP contribution in [0.4, 0.5) is 0 Å². The van der Waals surface area contributed by atoms with Crippen LogP contribution in [0.3, 0.4) is 0 Å². The van der Waals surface area contributed by atoms with E-state index < -0.39 is 0 Å². The van der Waals surface area contributed by atoms with Gasteiger partial charge in [-0.1, -0.05) is 121 Å². The predicted molar refractivity (Wildman–Crippen MR) is 215 cm³/mol. The molecule has 0 radical (unpaired) electrons. The minimum atomic E-state index is 0.688. The molecule has 0 aliphatic carbocycles. The maximum Gasteiger partial charge on any atom is 0.160 e. The van der Waals surface area contributed by atoms with E-state index in [2.05, 4.69) is 156 Å². The Hall–Kier alpha value is -7.04. The lowest BCUT2D eigenvalue weighted by Crippen LogP contribution is -1.96. The van der Waals surface area contributed by atoms with E-state index in [1.165, 1.54) is 32.6 Å². The summed E-state index contributed by atoms with van der Waals surface area (Å²) in [4.78, 5) is 10.5. The molecule has 0 saturated carbocycles. The van der Waals surface area contributed by atoms with E-state index in [-0.39, 0.29) is 0 Å². The summed E-state index contributed by atoms with van der Waals surface area (Å²) >= 11 is 0. The molecule has 0 aliphatic heterocycles. The van der Waals surface area contributed by atoms with Gasteiger partial charge in [0, 0.05) is 43.7 Å². The number of para-hydroxylation sites is 2. The van der Waals surface area contributed by atoms with Crippen LogP contribution in [0, 0.1) is 0 Å². The Morgan fingerprint density at radius 2 is 1.12 bits per heavy atom. The van der Waals surface area contributed by atoms with Crippen molar-refractivity contribution in [2.75, 3.05) is 0 Å². The summed E-state index contributed by atoms with van der Waals surface area (Å²) in [7, 11) is 0. The van der Waals surface area contributed by atoms with Crippen LogP contribution in [-0.2, 0) is 0 Å². The first kappa shape index (κ1) is 28.8. The summed E-state index contributed by atoms with van der Waals surface area (Å²) in [6, 6.07) is 61.9. The number of hydrogen-bond acceptors (Lipinski definition) is 3. The molecule has 0 atom stereocenters. The topological polar surface area (TPSA) is 43.9 Å². The number of fused-ring (bicyclic) bond motifs is 10. The zero-order valence-corrected chi connectivity index (χ0v) is 28.0. The molecule has 0 unspecified atom stereocenters. The van der Waals surface area contributed by atoms with Crippen molar-refractivity contribution in [1.82, 2.24) is 14.5 Å². The molecule has 0 amide bonds. The summed E-state index contributed by atoms with van der Waals surface area (Å²) in [5, 5.41) is 8.09. The maximum atomic E-state index is 6.28. The van der Waals surface area contributed by atoms with E-state index >= 15 is 0 Å². The number of furan rings is 1. The summed E-state index contributed by atoms with van der Waals surface area (Å²) in [5.41, 5.74) is 11.3. The van der Waals surface area contributed by atoms with Gasteiger partial charge in [-0.05, 0) is 76.5 Å². The SMILES string of the molecule is c1ccc(-c2nc(-c3cccc(-c4ccc5c(c4)c4c6ccccc6ccc4n5-c4ccccc4)c3)nc3ccc4oc5ccccc5c4c23)cc1. The van der Waals surface area contributed by atoms with Crippen LogP contribution in [0.2, 0.25) is 0 Å². The van der Waals surface area contributed by atoms with Gasteiger partial charge in [-0.2, -0.15) is 0 Å². The van der Waals surface area contributed by atoms with E-state index in [4.69, 9.17) is 14.4 Å². The normalized spacial score (nSPS) is 11.8. The van der Waals surface area contributed by atoms with Crippen molar-refractivity contribution in [2.45, 2.75) is 0 Å². The molecule has 4 heteroatoms. The third kappa shape index (κ3) is 4.34. The van der Waals surface area contributed by atoms with Crippen molar-refractivity contribution in [3.8, 4) is 39.5 Å². The average Bonchev–Trinajstić information content (AvgIpc) is 3.77. The first-order chi connectivity index (χ1) is 25.8. The molecule has 0 saturated heterocycles. The maximum absolute atomic E-state index is 6.28. The van der Waals surface area contributed by atoms with Crippen LogP contribution < -0.4 is 0 Å². The Bertz CT molecular complexity index is 3180. The van der Waals surface area contributed by atoms with E-state index in [0.29, 0.717) is 5.82 Å². The van der Waals surface area contributed by atoms with Gasteiger partial charge in [-0.15, -0.1) is 0 Å². The van der Waals surface area contributed by atoms with Crippen molar-refractivity contribution in [3.05, 3.63) is 176 Å². The van der Waals surface area contributed by atoms with Crippen LogP contribution in [0.25, 0.3) is 105 Å². The fourth-order valence-electron chi connectivity index (χ4n) is 8.04. The monoisotopic (exact) mass is 663 g/mol. The summed E-state index contributed by atoms with van der Waals surface area (Å²) < 4.78 is 8.66. The minimum absolute atomic E-state index is 0.688. The molecule has 0 fully saturated rings. The van der Waals surface area contributed by atoms with Gasteiger partial charge < -0.3 is 8.98 Å². The van der Waals surface area contributed by atoms with Crippen LogP contribution in [0.1, 0.15) is 0 Å². The fourth-order valence-corrected chi connectivity index (χ4v) is 8.04. The van der Waals surface area contributed by atoms with Gasteiger partial charge in [-0.3, -0.25) is 0 Å². The molecule has 0 aliphatic rings. The second kappa shape index (κ2) is 11.2. The Balaban J connectivity index is 1.12. The van der Waals surface area contributed by atoms with Crippen molar-refractivity contribution >= 4 is 65.4 Å². The standard InChI is InChI=1S/C48H29N3O/c1-3-13-31(14-4-1)47-46-39(24-27-43-45(46)37-20-9-10-21-42(37)52-43)49-48(50-47)34-16-11-15-32(28-34)33-23-25-40-38(29-33)44-36-19-8-7-12-30(36)22-26-41(44)51(40)35-17-5-2-6-18-35/h1-29H. The second-order valence-electron chi connectivity index (χ2n) is 13.4. The van der Waals surface area contributed by atoms with Gasteiger partial charge in [0.2, 0.25) is 0 Å². The van der Waals surface area contributed by atoms with Gasteiger partial charge in [0.05, 0.1) is 22.2 Å². The molecule has 11 aromatic rings. The van der Waals surface area contributed by atoms with E-state index in [0.717, 1.165) is 66.5 Å². The minimum Gasteiger partial charge on any atom is -0.456 e. The Labute approximate surface area is 298 Å². The average molecular weight is 664 g/mol. The largest absolute Gasteiger partial charge is 0.456 e. The van der Waals surface area contributed by atoms with Crippen molar-refractivity contribution in [3.63, 3.8) is 0 Å². The summed E-state index contributed by atoms with van der Waals surface area (Å²) in [6.07, 6.45) is 0. The molecule has 0 N–H and O–H groups in total. The highest BCUT2D eigenvalue weighted by Gasteiger charge is 2.19. The van der Waals surface area contributed by atoms with Gasteiger partial charge in [0.25, 0.3) is 0 Å². The third-order valence-electron chi connectivity index (χ3n) is 10.4. The number of rotatable bonds is 4. The highest BCUT2D eigenvalue weighted by atomic mass is 16.3. The number of aromatic nitrogens is 3. The molecule has 11 rings (SSSR count). The number of benzene rings is 8. The van der Waals surface area contributed by atoms with Crippen LogP contribution in [0.5, 0.6) is 0 Å². The molecule has 4 nitrogen and oxygen atoms in total. The van der Waals surface area contributed by atoms with Gasteiger partial charge in [0.15, 0.2) is 5.82 Å². The predicted octanol–water partition coefficient (Wildman–Crippen LogP) is 12.8.